The minimum Gasteiger partial charge on any atom is -0.309 e. The zero-order chi connectivity index (χ0) is 11.7. The molecule has 90 valence electrons. The average Bonchev–Trinajstić information content (AvgIpc) is 2.98. The van der Waals surface area contributed by atoms with E-state index >= 15 is 0 Å². The Balaban J connectivity index is 1.96. The number of fused-ring (bicyclic) bond motifs is 1. The first-order chi connectivity index (χ1) is 8.38. The fraction of sp³-hybridized carbons (Fsp3) is 0.500. The lowest BCUT2D eigenvalue weighted by atomic mass is 9.98. The van der Waals surface area contributed by atoms with E-state index in [2.05, 4.69) is 17.2 Å². The van der Waals surface area contributed by atoms with Crippen molar-refractivity contribution in [3.8, 4) is 10.0 Å². The van der Waals surface area contributed by atoms with Gasteiger partial charge in [-0.15, -0.1) is 22.7 Å². The van der Waals surface area contributed by atoms with Crippen molar-refractivity contribution >= 4 is 22.7 Å². The Kier molecular flexibility index (Phi) is 3.22. The summed E-state index contributed by atoms with van der Waals surface area (Å²) in [6.45, 7) is 3.19. The largest absolute Gasteiger partial charge is 0.309 e. The Hall–Kier alpha value is -0.780. The van der Waals surface area contributed by atoms with Gasteiger partial charge in [-0.2, -0.15) is 0 Å². The van der Waals surface area contributed by atoms with Crippen molar-refractivity contribution in [1.29, 1.82) is 0 Å². The van der Waals surface area contributed by atoms with Crippen LogP contribution >= 0.6 is 22.7 Å². The van der Waals surface area contributed by atoms with Gasteiger partial charge in [0.05, 0.1) is 5.69 Å². The topological polar surface area (TPSA) is 37.8 Å². The molecule has 0 aliphatic heterocycles. The third-order valence-corrected chi connectivity index (χ3v) is 5.14. The van der Waals surface area contributed by atoms with Gasteiger partial charge in [-0.1, -0.05) is 6.92 Å². The Morgan fingerprint density at radius 3 is 3.18 bits per heavy atom. The molecule has 1 N–H and O–H groups in total. The molecule has 3 nitrogen and oxygen atoms in total. The molecule has 0 bridgehead atoms. The van der Waals surface area contributed by atoms with E-state index in [1.54, 1.807) is 11.3 Å². The molecule has 1 unspecified atom stereocenters. The van der Waals surface area contributed by atoms with Crippen LogP contribution in [0.2, 0.25) is 0 Å². The second-order valence-corrected chi connectivity index (χ2v) is 6.09. The lowest BCUT2D eigenvalue weighted by molar-refractivity contribution is 0.476. The summed E-state index contributed by atoms with van der Waals surface area (Å²) in [5.41, 5.74) is 1.29. The Labute approximate surface area is 109 Å². The lowest BCUT2D eigenvalue weighted by Crippen LogP contribution is -2.23. The normalized spacial score (nSPS) is 19.2. The van der Waals surface area contributed by atoms with Crippen LogP contribution in [0.1, 0.15) is 36.4 Å². The van der Waals surface area contributed by atoms with E-state index in [1.807, 2.05) is 22.9 Å². The molecule has 1 aliphatic rings. The maximum atomic E-state index is 4.75. The van der Waals surface area contributed by atoms with Crippen molar-refractivity contribution in [2.45, 2.75) is 32.2 Å². The second kappa shape index (κ2) is 4.84. The first kappa shape index (κ1) is 11.3. The van der Waals surface area contributed by atoms with Crippen molar-refractivity contribution in [2.75, 3.05) is 6.54 Å². The summed E-state index contributed by atoms with van der Waals surface area (Å²) in [5.74, 6) is 0. The van der Waals surface area contributed by atoms with Crippen LogP contribution in [0.25, 0.3) is 10.0 Å². The zero-order valence-corrected chi connectivity index (χ0v) is 11.4. The van der Waals surface area contributed by atoms with Gasteiger partial charge < -0.3 is 5.32 Å². The van der Waals surface area contributed by atoms with Gasteiger partial charge in [-0.3, -0.25) is 0 Å². The van der Waals surface area contributed by atoms with Gasteiger partial charge in [-0.25, -0.2) is 9.97 Å². The number of rotatable bonds is 3. The highest BCUT2D eigenvalue weighted by Gasteiger charge is 2.24. The Bertz CT molecular complexity index is 490. The van der Waals surface area contributed by atoms with E-state index in [0.29, 0.717) is 6.04 Å². The molecule has 2 heterocycles. The summed E-state index contributed by atoms with van der Waals surface area (Å²) in [4.78, 5) is 10.5. The molecule has 1 aliphatic carbocycles. The summed E-state index contributed by atoms with van der Waals surface area (Å²) >= 11 is 3.49. The molecule has 1 atom stereocenters. The highest BCUT2D eigenvalue weighted by Crippen LogP contribution is 2.38. The summed E-state index contributed by atoms with van der Waals surface area (Å²) in [7, 11) is 0. The summed E-state index contributed by atoms with van der Waals surface area (Å²) < 4.78 is 0. The van der Waals surface area contributed by atoms with E-state index in [-0.39, 0.29) is 0 Å². The fourth-order valence-corrected chi connectivity index (χ4v) is 4.18. The Morgan fingerprint density at radius 2 is 2.41 bits per heavy atom. The molecule has 5 heteroatoms. The van der Waals surface area contributed by atoms with Crippen molar-refractivity contribution < 1.29 is 0 Å². The van der Waals surface area contributed by atoms with Gasteiger partial charge in [0, 0.05) is 22.5 Å². The number of thiazole rings is 2. The summed E-state index contributed by atoms with van der Waals surface area (Å²) in [5, 5.41) is 7.71. The molecule has 0 spiro atoms. The summed E-state index contributed by atoms with van der Waals surface area (Å²) in [6, 6.07) is 0.509. The van der Waals surface area contributed by atoms with E-state index in [1.165, 1.54) is 23.4 Å². The predicted molar refractivity (Wildman–Crippen MR) is 72.6 cm³/mol. The van der Waals surface area contributed by atoms with Crippen LogP contribution in [0, 0.1) is 0 Å². The molecular formula is C12H15N3S2. The standard InChI is InChI=1S/C12H15N3S2/c1-2-13-8-4-3-5-9-10(8)17-12(15-9)11-14-6-7-16-11/h6-8,13H,2-5H2,1H3. The first-order valence-electron chi connectivity index (χ1n) is 6.01. The predicted octanol–water partition coefficient (Wildman–Crippen LogP) is 3.25. The van der Waals surface area contributed by atoms with Gasteiger partial charge >= 0.3 is 0 Å². The van der Waals surface area contributed by atoms with E-state index in [9.17, 15) is 0 Å². The molecule has 2 aromatic heterocycles. The van der Waals surface area contributed by atoms with Crippen LogP contribution < -0.4 is 5.32 Å². The molecular weight excluding hydrogens is 250 g/mol. The molecule has 2 aromatic rings. The SMILES string of the molecule is CCNC1CCCc2nc(-c3nccs3)sc21. The lowest BCUT2D eigenvalue weighted by Gasteiger charge is -2.21. The highest BCUT2D eigenvalue weighted by molar-refractivity contribution is 7.20. The number of aromatic nitrogens is 2. The monoisotopic (exact) mass is 265 g/mol. The number of aryl methyl sites for hydroxylation is 1. The first-order valence-corrected chi connectivity index (χ1v) is 7.71. The van der Waals surface area contributed by atoms with Crippen LogP contribution in [0.3, 0.4) is 0 Å². The molecule has 0 fully saturated rings. The molecule has 0 saturated heterocycles. The molecule has 0 amide bonds. The van der Waals surface area contributed by atoms with Crippen molar-refractivity contribution in [2.24, 2.45) is 0 Å². The van der Waals surface area contributed by atoms with Gasteiger partial charge in [0.1, 0.15) is 0 Å². The van der Waals surface area contributed by atoms with Crippen molar-refractivity contribution in [3.63, 3.8) is 0 Å². The third-order valence-electron chi connectivity index (χ3n) is 3.02. The molecule has 0 saturated carbocycles. The average molecular weight is 265 g/mol. The van der Waals surface area contributed by atoms with Gasteiger partial charge in [0.15, 0.2) is 10.0 Å². The minimum atomic E-state index is 0.509. The third kappa shape index (κ3) is 2.14. The maximum absolute atomic E-state index is 4.75. The van der Waals surface area contributed by atoms with Crippen LogP contribution in [0.15, 0.2) is 11.6 Å². The maximum Gasteiger partial charge on any atom is 0.152 e. The smallest absolute Gasteiger partial charge is 0.152 e. The number of hydrogen-bond acceptors (Lipinski definition) is 5. The highest BCUT2D eigenvalue weighted by atomic mass is 32.1. The van der Waals surface area contributed by atoms with Gasteiger partial charge in [-0.05, 0) is 25.8 Å². The van der Waals surface area contributed by atoms with Crippen molar-refractivity contribution in [1.82, 2.24) is 15.3 Å². The Morgan fingerprint density at radius 1 is 1.47 bits per heavy atom. The van der Waals surface area contributed by atoms with Crippen molar-refractivity contribution in [3.05, 3.63) is 22.1 Å². The number of nitrogens with one attached hydrogen (secondary N) is 1. The molecule has 0 aromatic carbocycles. The van der Waals surface area contributed by atoms with Crippen LogP contribution in [0.5, 0.6) is 0 Å². The summed E-state index contributed by atoms with van der Waals surface area (Å²) in [6.07, 6.45) is 5.45. The molecule has 0 radical (unpaired) electrons. The van der Waals surface area contributed by atoms with Gasteiger partial charge in [0.25, 0.3) is 0 Å². The van der Waals surface area contributed by atoms with E-state index in [0.717, 1.165) is 23.0 Å². The quantitative estimate of drug-likeness (QED) is 0.925. The van der Waals surface area contributed by atoms with Crippen LogP contribution in [0.4, 0.5) is 0 Å². The van der Waals surface area contributed by atoms with E-state index in [4.69, 9.17) is 4.98 Å². The second-order valence-electron chi connectivity index (χ2n) is 4.17. The molecule has 17 heavy (non-hydrogen) atoms. The number of nitrogens with zero attached hydrogens (tertiary/aromatic N) is 2. The van der Waals surface area contributed by atoms with Gasteiger partial charge in [0.2, 0.25) is 0 Å². The number of hydrogen-bond donors (Lipinski definition) is 1. The zero-order valence-electron chi connectivity index (χ0n) is 9.77. The molecule has 3 rings (SSSR count). The van der Waals surface area contributed by atoms with E-state index < -0.39 is 0 Å². The van der Waals surface area contributed by atoms with Crippen LogP contribution in [-0.2, 0) is 6.42 Å². The van der Waals surface area contributed by atoms with Crippen LogP contribution in [-0.4, -0.2) is 16.5 Å². The minimum absolute atomic E-state index is 0.509. The fourth-order valence-electron chi connectivity index (χ4n) is 2.28.